The molecule has 3 amide bonds. The van der Waals surface area contributed by atoms with Crippen molar-refractivity contribution < 1.29 is 29.0 Å². The second kappa shape index (κ2) is 10.7. The van der Waals surface area contributed by atoms with Crippen molar-refractivity contribution in [2.24, 2.45) is 11.7 Å². The van der Waals surface area contributed by atoms with Crippen LogP contribution < -0.4 is 11.1 Å². The number of hydrogen-bond donors (Lipinski definition) is 3. The second-order valence-electron chi connectivity index (χ2n) is 7.59. The number of amides is 3. The molecule has 3 atom stereocenters. The lowest BCUT2D eigenvalue weighted by molar-refractivity contribution is -0.144. The van der Waals surface area contributed by atoms with E-state index in [1.54, 1.807) is 32.9 Å². The zero-order chi connectivity index (χ0) is 23.1. The van der Waals surface area contributed by atoms with E-state index < -0.39 is 41.4 Å². The van der Waals surface area contributed by atoms with Crippen LogP contribution in [0.5, 0.6) is 5.75 Å². The van der Waals surface area contributed by atoms with Crippen LogP contribution in [0.15, 0.2) is 24.3 Å². The fourth-order valence-electron chi connectivity index (χ4n) is 2.69. The zero-order valence-corrected chi connectivity index (χ0v) is 18.0. The Hall–Kier alpha value is -2.94. The fraction of sp³-hybridized carbons (Fsp3) is 0.524. The maximum absolute atomic E-state index is 13.5. The highest BCUT2D eigenvalue weighted by molar-refractivity contribution is 6.00. The zero-order valence-electron chi connectivity index (χ0n) is 18.0. The van der Waals surface area contributed by atoms with E-state index in [-0.39, 0.29) is 18.8 Å². The summed E-state index contributed by atoms with van der Waals surface area (Å²) in [6, 6.07) is 3.98. The van der Waals surface area contributed by atoms with Gasteiger partial charge in [0.2, 0.25) is 5.91 Å². The summed E-state index contributed by atoms with van der Waals surface area (Å²) in [5.74, 6) is -1.75. The first kappa shape index (κ1) is 25.1. The number of imide groups is 1. The van der Waals surface area contributed by atoms with Crippen LogP contribution in [0.4, 0.5) is 4.79 Å². The average Bonchev–Trinajstić information content (AvgIpc) is 2.68. The van der Waals surface area contributed by atoms with Gasteiger partial charge in [-0.3, -0.25) is 9.59 Å². The van der Waals surface area contributed by atoms with E-state index in [4.69, 9.17) is 10.5 Å². The first-order valence-corrected chi connectivity index (χ1v) is 9.78. The van der Waals surface area contributed by atoms with Crippen molar-refractivity contribution in [1.82, 2.24) is 10.2 Å². The van der Waals surface area contributed by atoms with Crippen molar-refractivity contribution in [2.75, 3.05) is 6.61 Å². The number of nitrogens with two attached hydrogens (primary N) is 1. The standard InChI is InChI=1S/C21H31N3O6/c1-6-30-20(29)24(21(5,12-25)13(2)3)19(28)17(23-18(27)14(4)22)11-15-7-9-16(26)10-8-15/h7-10,12-14,17,26H,6,11,22H2,1-5H3,(H,23,27)/t14-,17-,21+/m0/s1. The first-order valence-electron chi connectivity index (χ1n) is 9.78. The van der Waals surface area contributed by atoms with E-state index in [0.29, 0.717) is 11.8 Å². The number of ether oxygens (including phenoxy) is 1. The van der Waals surface area contributed by atoms with Crippen molar-refractivity contribution in [3.05, 3.63) is 29.8 Å². The fourth-order valence-corrected chi connectivity index (χ4v) is 2.69. The predicted octanol–water partition coefficient (Wildman–Crippen LogP) is 1.37. The number of aromatic hydroxyl groups is 1. The van der Waals surface area contributed by atoms with Crippen LogP contribution in [0.1, 0.15) is 40.2 Å². The van der Waals surface area contributed by atoms with Gasteiger partial charge in [0, 0.05) is 6.42 Å². The third kappa shape index (κ3) is 6.03. The van der Waals surface area contributed by atoms with E-state index in [9.17, 15) is 24.3 Å². The molecule has 0 aliphatic carbocycles. The molecule has 4 N–H and O–H groups in total. The number of nitrogens with one attached hydrogen (secondary N) is 1. The molecule has 0 saturated carbocycles. The lowest BCUT2D eigenvalue weighted by atomic mass is 9.87. The summed E-state index contributed by atoms with van der Waals surface area (Å²) in [5, 5.41) is 12.0. The Morgan fingerprint density at radius 2 is 1.80 bits per heavy atom. The average molecular weight is 421 g/mol. The smallest absolute Gasteiger partial charge is 0.417 e. The van der Waals surface area contributed by atoms with Crippen LogP contribution >= 0.6 is 0 Å². The molecule has 9 heteroatoms. The Kier molecular flexibility index (Phi) is 8.97. The molecule has 0 heterocycles. The van der Waals surface area contributed by atoms with Gasteiger partial charge in [0.15, 0.2) is 0 Å². The van der Waals surface area contributed by atoms with Gasteiger partial charge in [-0.05, 0) is 44.4 Å². The number of phenolic OH excluding ortho intramolecular Hbond substituents is 1. The molecule has 0 aliphatic rings. The highest BCUT2D eigenvalue weighted by Crippen LogP contribution is 2.25. The molecule has 0 unspecified atom stereocenters. The van der Waals surface area contributed by atoms with Crippen LogP contribution in [-0.4, -0.2) is 58.4 Å². The minimum atomic E-state index is -1.49. The van der Waals surface area contributed by atoms with Crippen LogP contribution in [0, 0.1) is 5.92 Å². The minimum Gasteiger partial charge on any atom is -0.508 e. The summed E-state index contributed by atoms with van der Waals surface area (Å²) < 4.78 is 5.03. The Bertz CT molecular complexity index is 763. The van der Waals surface area contributed by atoms with Crippen molar-refractivity contribution in [2.45, 2.75) is 58.7 Å². The molecular formula is C21H31N3O6. The van der Waals surface area contributed by atoms with Gasteiger partial charge in [-0.1, -0.05) is 26.0 Å². The molecule has 1 aromatic carbocycles. The summed E-state index contributed by atoms with van der Waals surface area (Å²) in [6.07, 6.45) is -0.436. The van der Waals surface area contributed by atoms with Crippen LogP contribution in [0.3, 0.4) is 0 Å². The van der Waals surface area contributed by atoms with Gasteiger partial charge in [-0.15, -0.1) is 0 Å². The van der Waals surface area contributed by atoms with Gasteiger partial charge in [0.05, 0.1) is 12.6 Å². The summed E-state index contributed by atoms with van der Waals surface area (Å²) in [4.78, 5) is 51.1. The number of benzene rings is 1. The molecule has 1 aromatic rings. The molecule has 166 valence electrons. The molecule has 1 rings (SSSR count). The molecule has 0 fully saturated rings. The highest BCUT2D eigenvalue weighted by atomic mass is 16.6. The number of carbonyl (C=O) groups is 4. The molecule has 0 saturated heterocycles. The van der Waals surface area contributed by atoms with Gasteiger partial charge in [-0.2, -0.15) is 0 Å². The first-order chi connectivity index (χ1) is 14.0. The third-order valence-electron chi connectivity index (χ3n) is 4.96. The number of nitrogens with zero attached hydrogens (tertiary/aromatic N) is 1. The summed E-state index contributed by atoms with van der Waals surface area (Å²) in [7, 11) is 0. The quantitative estimate of drug-likeness (QED) is 0.512. The van der Waals surface area contributed by atoms with Gasteiger partial charge < -0.3 is 25.7 Å². The SMILES string of the molecule is CCOC(=O)N(C(=O)[C@H](Cc1ccc(O)cc1)NC(=O)[C@H](C)N)[C@](C)(C=O)C(C)C. The van der Waals surface area contributed by atoms with E-state index in [0.717, 1.165) is 4.90 Å². The lowest BCUT2D eigenvalue weighted by Crippen LogP contribution is -2.63. The van der Waals surface area contributed by atoms with Crippen molar-refractivity contribution in [3.63, 3.8) is 0 Å². The number of aldehydes is 1. The molecule has 0 aliphatic heterocycles. The topological polar surface area (TPSA) is 139 Å². The van der Waals surface area contributed by atoms with Crippen molar-refractivity contribution >= 4 is 24.2 Å². The largest absolute Gasteiger partial charge is 0.508 e. The molecule has 0 bridgehead atoms. The van der Waals surface area contributed by atoms with Gasteiger partial charge in [-0.25, -0.2) is 9.69 Å². The Balaban J connectivity index is 3.41. The number of carbonyl (C=O) groups excluding carboxylic acids is 4. The summed E-state index contributed by atoms with van der Waals surface area (Å²) >= 11 is 0. The Morgan fingerprint density at radius 3 is 2.23 bits per heavy atom. The molecule has 9 nitrogen and oxygen atoms in total. The summed E-state index contributed by atoms with van der Waals surface area (Å²) in [6.45, 7) is 7.91. The maximum atomic E-state index is 13.5. The lowest BCUT2D eigenvalue weighted by Gasteiger charge is -2.39. The summed E-state index contributed by atoms with van der Waals surface area (Å²) in [5.41, 5.74) is 4.76. The van der Waals surface area contributed by atoms with Gasteiger partial charge >= 0.3 is 6.09 Å². The van der Waals surface area contributed by atoms with Crippen molar-refractivity contribution in [3.8, 4) is 5.75 Å². The van der Waals surface area contributed by atoms with E-state index in [1.165, 1.54) is 26.0 Å². The van der Waals surface area contributed by atoms with Gasteiger partial charge in [0.25, 0.3) is 5.91 Å². The minimum absolute atomic E-state index is 0.00443. The Labute approximate surface area is 176 Å². The predicted molar refractivity (Wildman–Crippen MR) is 111 cm³/mol. The monoisotopic (exact) mass is 421 g/mol. The number of rotatable bonds is 9. The molecule has 0 radical (unpaired) electrons. The number of hydrogen-bond acceptors (Lipinski definition) is 7. The molecular weight excluding hydrogens is 390 g/mol. The van der Waals surface area contributed by atoms with Crippen LogP contribution in [0.25, 0.3) is 0 Å². The second-order valence-corrected chi connectivity index (χ2v) is 7.59. The van der Waals surface area contributed by atoms with Crippen LogP contribution in [-0.2, 0) is 25.5 Å². The maximum Gasteiger partial charge on any atom is 0.417 e. The van der Waals surface area contributed by atoms with E-state index >= 15 is 0 Å². The van der Waals surface area contributed by atoms with Gasteiger partial charge in [0.1, 0.15) is 23.6 Å². The number of phenols is 1. The Morgan fingerprint density at radius 1 is 1.23 bits per heavy atom. The molecule has 0 spiro atoms. The third-order valence-corrected chi connectivity index (χ3v) is 4.96. The normalized spacial score (nSPS) is 14.9. The van der Waals surface area contributed by atoms with Crippen molar-refractivity contribution in [1.29, 1.82) is 0 Å². The molecule has 0 aromatic heterocycles. The highest BCUT2D eigenvalue weighted by Gasteiger charge is 2.45. The molecule has 30 heavy (non-hydrogen) atoms. The van der Waals surface area contributed by atoms with Crippen LogP contribution in [0.2, 0.25) is 0 Å². The van der Waals surface area contributed by atoms with E-state index in [1.807, 2.05) is 0 Å². The van der Waals surface area contributed by atoms with E-state index in [2.05, 4.69) is 5.32 Å².